The molecular formula is C15H16F3NO2S. The van der Waals surface area contributed by atoms with E-state index >= 15 is 0 Å². The van der Waals surface area contributed by atoms with Crippen LogP contribution in [0.1, 0.15) is 38.3 Å². The van der Waals surface area contributed by atoms with Gasteiger partial charge in [-0.15, -0.1) is 0 Å². The number of anilines is 1. The first-order valence-corrected chi connectivity index (χ1v) is 7.20. The van der Waals surface area contributed by atoms with Crippen LogP contribution < -0.4 is 4.90 Å². The van der Waals surface area contributed by atoms with E-state index in [4.69, 9.17) is 0 Å². The van der Waals surface area contributed by atoms with Crippen LogP contribution in [0.4, 0.5) is 18.9 Å². The largest absolute Gasteiger partial charge is 0.416 e. The maximum Gasteiger partial charge on any atom is 0.416 e. The Labute approximate surface area is 131 Å². The predicted octanol–water partition coefficient (Wildman–Crippen LogP) is 3.56. The maximum atomic E-state index is 13.1. The van der Waals surface area contributed by atoms with Crippen molar-refractivity contribution in [2.75, 3.05) is 4.90 Å². The minimum absolute atomic E-state index is 0.0497. The van der Waals surface area contributed by atoms with Crippen LogP contribution in [-0.4, -0.2) is 17.1 Å². The number of hydrogen-bond acceptors (Lipinski definition) is 3. The van der Waals surface area contributed by atoms with Crippen molar-refractivity contribution in [2.45, 2.75) is 44.0 Å². The number of rotatable bonds is 1. The van der Waals surface area contributed by atoms with E-state index in [0.29, 0.717) is 5.56 Å². The Morgan fingerprint density at radius 1 is 1.09 bits per heavy atom. The number of alkyl halides is 3. The van der Waals surface area contributed by atoms with Crippen LogP contribution in [0.2, 0.25) is 0 Å². The van der Waals surface area contributed by atoms with Crippen molar-refractivity contribution >= 4 is 30.1 Å². The molecule has 1 fully saturated rings. The minimum atomic E-state index is -4.55. The molecule has 0 radical (unpaired) electrons. The molecule has 0 saturated carbocycles. The number of thiol groups is 1. The van der Waals surface area contributed by atoms with Crippen molar-refractivity contribution < 1.29 is 22.8 Å². The Kier molecular flexibility index (Phi) is 4.06. The van der Waals surface area contributed by atoms with E-state index in [2.05, 4.69) is 12.6 Å². The summed E-state index contributed by atoms with van der Waals surface area (Å²) in [6.45, 7) is 5.30. The van der Waals surface area contributed by atoms with E-state index in [1.807, 2.05) is 0 Å². The normalized spacial score (nSPS) is 20.0. The molecule has 1 atom stereocenters. The summed E-state index contributed by atoms with van der Waals surface area (Å²) in [7, 11) is 0. The Bertz CT molecular complexity index is 602. The highest BCUT2D eigenvalue weighted by Crippen LogP contribution is 2.37. The van der Waals surface area contributed by atoms with Crippen molar-refractivity contribution in [1.82, 2.24) is 0 Å². The maximum absolute atomic E-state index is 13.1. The van der Waals surface area contributed by atoms with E-state index in [0.717, 1.165) is 17.0 Å². The van der Waals surface area contributed by atoms with Crippen molar-refractivity contribution in [1.29, 1.82) is 0 Å². The first-order chi connectivity index (χ1) is 9.91. The fourth-order valence-electron chi connectivity index (χ4n) is 2.22. The minimum Gasteiger partial charge on any atom is -0.274 e. The zero-order valence-electron chi connectivity index (χ0n) is 12.4. The number of halogens is 3. The first-order valence-electron chi connectivity index (χ1n) is 6.69. The van der Waals surface area contributed by atoms with Gasteiger partial charge in [0.05, 0.1) is 16.5 Å². The number of carbonyl (C=O) groups is 2. The Morgan fingerprint density at radius 3 is 2.05 bits per heavy atom. The van der Waals surface area contributed by atoms with Gasteiger partial charge < -0.3 is 0 Å². The van der Waals surface area contributed by atoms with Gasteiger partial charge in [-0.05, 0) is 29.2 Å². The molecule has 1 heterocycles. The molecule has 1 aromatic carbocycles. The summed E-state index contributed by atoms with van der Waals surface area (Å²) >= 11 is 3.99. The standard InChI is InChI=1S/C15H16F3NO2S/c1-14(2,3)8-4-9(15(16,17)18)6-10(5-8)19-12(20)7-11(22)13(19)21/h4-6,11,22H,7H2,1-3H3. The number of imide groups is 1. The SMILES string of the molecule is CC(C)(C)c1cc(N2C(=O)CC(S)C2=O)cc(C(F)(F)F)c1. The molecule has 0 aromatic heterocycles. The zero-order valence-corrected chi connectivity index (χ0v) is 13.3. The summed E-state index contributed by atoms with van der Waals surface area (Å²) < 4.78 is 39.3. The van der Waals surface area contributed by atoms with Gasteiger partial charge in [-0.1, -0.05) is 20.8 Å². The van der Waals surface area contributed by atoms with Gasteiger partial charge in [0.2, 0.25) is 11.8 Å². The van der Waals surface area contributed by atoms with Crippen molar-refractivity contribution in [3.05, 3.63) is 29.3 Å². The fraction of sp³-hybridized carbons (Fsp3) is 0.467. The van der Waals surface area contributed by atoms with Crippen LogP contribution in [0, 0.1) is 0 Å². The summed E-state index contributed by atoms with van der Waals surface area (Å²) in [6.07, 6.45) is -4.66. The molecule has 2 amide bonds. The van der Waals surface area contributed by atoms with Gasteiger partial charge in [0.1, 0.15) is 0 Å². The van der Waals surface area contributed by atoms with Crippen molar-refractivity contribution in [3.63, 3.8) is 0 Å². The van der Waals surface area contributed by atoms with Crippen LogP contribution in [0.25, 0.3) is 0 Å². The first kappa shape index (κ1) is 16.9. The third-order valence-electron chi connectivity index (χ3n) is 3.49. The summed E-state index contributed by atoms with van der Waals surface area (Å²) in [5.41, 5.74) is -1.08. The number of nitrogens with zero attached hydrogens (tertiary/aromatic N) is 1. The average Bonchev–Trinajstić information content (AvgIpc) is 2.60. The summed E-state index contributed by atoms with van der Waals surface area (Å²) in [6, 6.07) is 3.33. The molecule has 1 unspecified atom stereocenters. The molecule has 3 nitrogen and oxygen atoms in total. The predicted molar refractivity (Wildman–Crippen MR) is 80.0 cm³/mol. The second-order valence-electron chi connectivity index (χ2n) is 6.30. The molecule has 120 valence electrons. The van der Waals surface area contributed by atoms with E-state index in [9.17, 15) is 22.8 Å². The van der Waals surface area contributed by atoms with E-state index < -0.39 is 34.2 Å². The third kappa shape index (κ3) is 3.14. The lowest BCUT2D eigenvalue weighted by atomic mass is 9.85. The van der Waals surface area contributed by atoms with Crippen LogP contribution in [0.15, 0.2) is 18.2 Å². The Balaban J connectivity index is 2.61. The van der Waals surface area contributed by atoms with Crippen LogP contribution in [0.5, 0.6) is 0 Å². The monoisotopic (exact) mass is 331 g/mol. The molecule has 0 N–H and O–H groups in total. The average molecular weight is 331 g/mol. The molecule has 0 aliphatic carbocycles. The van der Waals surface area contributed by atoms with E-state index in [1.165, 1.54) is 6.07 Å². The number of amides is 2. The Hall–Kier alpha value is -1.50. The number of carbonyl (C=O) groups excluding carboxylic acids is 2. The van der Waals surface area contributed by atoms with Crippen molar-refractivity contribution in [3.8, 4) is 0 Å². The lowest BCUT2D eigenvalue weighted by molar-refractivity contribution is -0.137. The van der Waals surface area contributed by atoms with Gasteiger partial charge in [0.15, 0.2) is 0 Å². The highest BCUT2D eigenvalue weighted by molar-refractivity contribution is 7.82. The van der Waals surface area contributed by atoms with Crippen LogP contribution in [-0.2, 0) is 21.2 Å². The van der Waals surface area contributed by atoms with Crippen LogP contribution >= 0.6 is 12.6 Å². The number of benzene rings is 1. The van der Waals surface area contributed by atoms with Crippen molar-refractivity contribution in [2.24, 2.45) is 0 Å². The van der Waals surface area contributed by atoms with Gasteiger partial charge in [-0.2, -0.15) is 25.8 Å². The molecule has 2 rings (SSSR count). The highest BCUT2D eigenvalue weighted by Gasteiger charge is 2.39. The quantitative estimate of drug-likeness (QED) is 0.631. The van der Waals surface area contributed by atoms with Gasteiger partial charge >= 0.3 is 6.18 Å². The molecule has 22 heavy (non-hydrogen) atoms. The third-order valence-corrected chi connectivity index (χ3v) is 3.90. The van der Waals surface area contributed by atoms with E-state index in [1.54, 1.807) is 20.8 Å². The number of hydrogen-bond donors (Lipinski definition) is 1. The Morgan fingerprint density at radius 2 is 1.64 bits per heavy atom. The molecule has 0 bridgehead atoms. The van der Waals surface area contributed by atoms with Gasteiger partial charge in [0.25, 0.3) is 0 Å². The molecule has 1 saturated heterocycles. The second-order valence-corrected chi connectivity index (χ2v) is 6.93. The lowest BCUT2D eigenvalue weighted by Gasteiger charge is -2.24. The summed E-state index contributed by atoms with van der Waals surface area (Å²) in [5.74, 6) is -1.13. The van der Waals surface area contributed by atoms with Gasteiger partial charge in [-0.3, -0.25) is 9.59 Å². The topological polar surface area (TPSA) is 37.4 Å². The molecule has 7 heteroatoms. The highest BCUT2D eigenvalue weighted by atomic mass is 32.1. The van der Waals surface area contributed by atoms with E-state index in [-0.39, 0.29) is 12.1 Å². The zero-order chi connectivity index (χ0) is 16.9. The smallest absolute Gasteiger partial charge is 0.274 e. The van der Waals surface area contributed by atoms with Gasteiger partial charge in [0, 0.05) is 6.42 Å². The summed E-state index contributed by atoms with van der Waals surface area (Å²) in [4.78, 5) is 24.7. The molecule has 1 aliphatic heterocycles. The molecule has 1 aliphatic rings. The lowest BCUT2D eigenvalue weighted by Crippen LogP contribution is -2.31. The van der Waals surface area contributed by atoms with Crippen LogP contribution in [0.3, 0.4) is 0 Å². The molecular weight excluding hydrogens is 315 g/mol. The molecule has 1 aromatic rings. The fourth-order valence-corrected chi connectivity index (χ4v) is 2.50. The second kappa shape index (κ2) is 5.30. The summed E-state index contributed by atoms with van der Waals surface area (Å²) in [5, 5.41) is -0.805. The van der Waals surface area contributed by atoms with Gasteiger partial charge in [-0.25, -0.2) is 4.90 Å². The molecule has 0 spiro atoms.